The summed E-state index contributed by atoms with van der Waals surface area (Å²) >= 11 is 5.08. The molecule has 136 valence electrons. The van der Waals surface area contributed by atoms with Gasteiger partial charge < -0.3 is 5.32 Å². The van der Waals surface area contributed by atoms with Gasteiger partial charge in [0.15, 0.2) is 5.78 Å². The molecule has 0 spiro atoms. The molecule has 1 aliphatic carbocycles. The molecule has 0 amide bonds. The average Bonchev–Trinajstić information content (AvgIpc) is 3.25. The van der Waals surface area contributed by atoms with Crippen LogP contribution in [0.3, 0.4) is 0 Å². The number of anilines is 1. The molecule has 2 N–H and O–H groups in total. The zero-order chi connectivity index (χ0) is 18.5. The monoisotopic (exact) mass is 441 g/mol. The number of fused-ring (bicyclic) bond motifs is 1. The molecule has 0 fully saturated rings. The number of ketones is 1. The minimum absolute atomic E-state index is 0.122. The van der Waals surface area contributed by atoms with Gasteiger partial charge in [0, 0.05) is 22.6 Å². The molecule has 0 saturated heterocycles. The van der Waals surface area contributed by atoms with Crippen LogP contribution in [0.5, 0.6) is 0 Å². The zero-order valence-electron chi connectivity index (χ0n) is 14.3. The number of benzene rings is 1. The van der Waals surface area contributed by atoms with Gasteiger partial charge in [-0.05, 0) is 53.0 Å². The Labute approximate surface area is 167 Å². The maximum absolute atomic E-state index is 13.3. The lowest BCUT2D eigenvalue weighted by Crippen LogP contribution is -2.29. The lowest BCUT2D eigenvalue weighted by atomic mass is 9.79. The van der Waals surface area contributed by atoms with Gasteiger partial charge in [0.25, 0.3) is 5.56 Å². The van der Waals surface area contributed by atoms with E-state index in [1.165, 1.54) is 0 Å². The van der Waals surface area contributed by atoms with Gasteiger partial charge in [-0.3, -0.25) is 14.7 Å². The molecule has 2 aromatic heterocycles. The fourth-order valence-corrected chi connectivity index (χ4v) is 5.51. The molecule has 0 saturated carbocycles. The molecular weight excluding hydrogens is 426 g/mol. The van der Waals surface area contributed by atoms with Crippen LogP contribution in [0, 0.1) is 0 Å². The number of hydrogen-bond acceptors (Lipinski definition) is 4. The third-order valence-corrected chi connectivity index (χ3v) is 6.82. The fraction of sp³-hybridized carbons (Fsp3) is 0.200. The number of carbonyl (C=O) groups is 1. The van der Waals surface area contributed by atoms with E-state index in [2.05, 4.69) is 26.3 Å². The van der Waals surface area contributed by atoms with E-state index in [1.54, 1.807) is 16.0 Å². The normalized spacial score (nSPS) is 18.9. The van der Waals surface area contributed by atoms with E-state index in [4.69, 9.17) is 0 Å². The highest BCUT2D eigenvalue weighted by Gasteiger charge is 2.39. The molecule has 3 aromatic rings. The molecule has 5 nitrogen and oxygen atoms in total. The number of thiophene rings is 1. The Balaban J connectivity index is 1.75. The number of para-hydroxylation sites is 1. The summed E-state index contributed by atoms with van der Waals surface area (Å²) in [6, 6.07) is 13.5. The van der Waals surface area contributed by atoms with Crippen LogP contribution < -0.4 is 10.9 Å². The van der Waals surface area contributed by atoms with Crippen molar-refractivity contribution < 1.29 is 4.79 Å². The van der Waals surface area contributed by atoms with Crippen molar-refractivity contribution in [3.8, 4) is 5.69 Å². The number of H-pyrrole nitrogens is 1. The van der Waals surface area contributed by atoms with Crippen LogP contribution in [0.1, 0.15) is 35.6 Å². The van der Waals surface area contributed by atoms with Crippen molar-refractivity contribution in [2.75, 3.05) is 5.32 Å². The number of nitrogens with zero attached hydrogens (tertiary/aromatic N) is 1. The lowest BCUT2D eigenvalue weighted by molar-refractivity contribution is -0.116. The highest BCUT2D eigenvalue weighted by Crippen LogP contribution is 2.45. The van der Waals surface area contributed by atoms with E-state index in [9.17, 15) is 9.59 Å². The van der Waals surface area contributed by atoms with Gasteiger partial charge in [-0.15, -0.1) is 11.3 Å². The molecule has 27 heavy (non-hydrogen) atoms. The van der Waals surface area contributed by atoms with Crippen LogP contribution in [0.25, 0.3) is 5.69 Å². The SMILES string of the molecule is O=C1CCCC2=C1C(c1ccc(Br)s1)c1c([nH]n(-c3ccccc3)c1=O)N2. The first-order valence-corrected chi connectivity index (χ1v) is 10.4. The van der Waals surface area contributed by atoms with E-state index >= 15 is 0 Å². The Morgan fingerprint density at radius 1 is 1.07 bits per heavy atom. The second kappa shape index (κ2) is 6.35. The van der Waals surface area contributed by atoms with Gasteiger partial charge in [-0.2, -0.15) is 0 Å². The van der Waals surface area contributed by atoms with Crippen LogP contribution in [-0.4, -0.2) is 15.6 Å². The van der Waals surface area contributed by atoms with Gasteiger partial charge in [-0.25, -0.2) is 4.68 Å². The summed E-state index contributed by atoms with van der Waals surface area (Å²) in [7, 11) is 0. The van der Waals surface area contributed by atoms with Gasteiger partial charge in [0.2, 0.25) is 0 Å². The van der Waals surface area contributed by atoms with Gasteiger partial charge in [-0.1, -0.05) is 18.2 Å². The van der Waals surface area contributed by atoms with Crippen molar-refractivity contribution in [2.24, 2.45) is 0 Å². The highest BCUT2D eigenvalue weighted by atomic mass is 79.9. The molecule has 3 heterocycles. The van der Waals surface area contributed by atoms with E-state index in [0.29, 0.717) is 17.8 Å². The largest absolute Gasteiger partial charge is 0.343 e. The van der Waals surface area contributed by atoms with Crippen molar-refractivity contribution in [1.29, 1.82) is 0 Å². The quantitative estimate of drug-likeness (QED) is 0.612. The topological polar surface area (TPSA) is 66.9 Å². The predicted octanol–water partition coefficient (Wildman–Crippen LogP) is 4.55. The third-order valence-electron chi connectivity index (χ3n) is 5.13. The Morgan fingerprint density at radius 3 is 2.63 bits per heavy atom. The maximum Gasteiger partial charge on any atom is 0.277 e. The second-order valence-corrected chi connectivity index (χ2v) is 9.24. The van der Waals surface area contributed by atoms with Gasteiger partial charge in [0.05, 0.1) is 21.0 Å². The summed E-state index contributed by atoms with van der Waals surface area (Å²) in [6.45, 7) is 0. The van der Waals surface area contributed by atoms with Crippen molar-refractivity contribution in [1.82, 2.24) is 9.78 Å². The van der Waals surface area contributed by atoms with Crippen LogP contribution in [0.2, 0.25) is 0 Å². The Kier molecular flexibility index (Phi) is 3.94. The number of aromatic amines is 1. The van der Waals surface area contributed by atoms with Gasteiger partial charge >= 0.3 is 0 Å². The summed E-state index contributed by atoms with van der Waals surface area (Å²) in [5.41, 5.74) is 2.95. The smallest absolute Gasteiger partial charge is 0.277 e. The summed E-state index contributed by atoms with van der Waals surface area (Å²) in [5, 5.41) is 6.56. The summed E-state index contributed by atoms with van der Waals surface area (Å²) < 4.78 is 2.54. The molecule has 0 bridgehead atoms. The molecular formula is C20H16BrN3O2S. The van der Waals surface area contributed by atoms with Crippen LogP contribution in [0.4, 0.5) is 5.82 Å². The summed E-state index contributed by atoms with van der Waals surface area (Å²) in [6.07, 6.45) is 2.20. The Bertz CT molecular complexity index is 1140. The number of carbonyl (C=O) groups excluding carboxylic acids is 1. The molecule has 0 radical (unpaired) electrons. The number of nitrogens with one attached hydrogen (secondary N) is 2. The van der Waals surface area contributed by atoms with E-state index in [1.807, 2.05) is 42.5 Å². The standard InChI is InChI=1S/C20H16BrN3O2S/c21-15-10-9-14(27-15)17-16-12(7-4-8-13(16)25)22-19-18(17)20(26)24(23-19)11-5-2-1-3-6-11/h1-3,5-6,9-10,17,22-23H,4,7-8H2. The fourth-order valence-electron chi connectivity index (χ4n) is 3.96. The number of hydrogen-bond donors (Lipinski definition) is 2. The van der Waals surface area contributed by atoms with Crippen LogP contribution in [-0.2, 0) is 4.79 Å². The van der Waals surface area contributed by atoms with E-state index < -0.39 is 0 Å². The molecule has 1 atom stereocenters. The average molecular weight is 442 g/mol. The summed E-state index contributed by atoms with van der Waals surface area (Å²) in [5.74, 6) is 0.497. The van der Waals surface area contributed by atoms with E-state index in [-0.39, 0.29) is 17.3 Å². The number of Topliss-reactive ketones (excluding diaryl/α,β-unsaturated/α-hetero) is 1. The maximum atomic E-state index is 13.3. The van der Waals surface area contributed by atoms with Gasteiger partial charge in [0.1, 0.15) is 5.82 Å². The Morgan fingerprint density at radius 2 is 1.89 bits per heavy atom. The van der Waals surface area contributed by atoms with Crippen LogP contribution >= 0.6 is 27.3 Å². The molecule has 2 aliphatic rings. The van der Waals surface area contributed by atoms with E-state index in [0.717, 1.165) is 38.5 Å². The minimum Gasteiger partial charge on any atom is -0.343 e. The third kappa shape index (κ3) is 2.64. The summed E-state index contributed by atoms with van der Waals surface area (Å²) in [4.78, 5) is 27.1. The molecule has 1 aliphatic heterocycles. The van der Waals surface area contributed by atoms with Crippen molar-refractivity contribution in [3.63, 3.8) is 0 Å². The number of halogens is 1. The van der Waals surface area contributed by atoms with Crippen molar-refractivity contribution in [2.45, 2.75) is 25.2 Å². The van der Waals surface area contributed by atoms with Crippen LogP contribution in [0.15, 0.2) is 62.3 Å². The molecule has 1 aromatic carbocycles. The number of allylic oxidation sites excluding steroid dienone is 2. The minimum atomic E-state index is -0.325. The number of aromatic nitrogens is 2. The highest BCUT2D eigenvalue weighted by molar-refractivity contribution is 9.11. The first-order chi connectivity index (χ1) is 13.1. The Hall–Kier alpha value is -2.38. The van der Waals surface area contributed by atoms with Crippen molar-refractivity contribution >= 4 is 38.9 Å². The number of rotatable bonds is 2. The predicted molar refractivity (Wildman–Crippen MR) is 110 cm³/mol. The molecule has 7 heteroatoms. The van der Waals surface area contributed by atoms with Crippen molar-refractivity contribution in [3.05, 3.63) is 78.3 Å². The first-order valence-electron chi connectivity index (χ1n) is 8.82. The molecule has 5 rings (SSSR count). The first kappa shape index (κ1) is 16.8. The lowest BCUT2D eigenvalue weighted by Gasteiger charge is -2.30. The second-order valence-electron chi connectivity index (χ2n) is 6.75. The zero-order valence-corrected chi connectivity index (χ0v) is 16.7. The molecule has 1 unspecified atom stereocenters.